The quantitative estimate of drug-likeness (QED) is 0.260. The number of hydrogen-bond acceptors (Lipinski definition) is 9. The number of carbonyl (C=O) groups is 1. The van der Waals surface area contributed by atoms with E-state index < -0.39 is 11.7 Å². The van der Waals surface area contributed by atoms with Crippen LogP contribution in [0.25, 0.3) is 22.6 Å². The van der Waals surface area contributed by atoms with E-state index in [4.69, 9.17) is 19.4 Å². The number of nitrogens with one attached hydrogen (secondary N) is 4. The number of hydrogen-bond donors (Lipinski definition) is 4. The highest BCUT2D eigenvalue weighted by atomic mass is 19.1. The lowest BCUT2D eigenvalue weighted by Gasteiger charge is -2.37. The van der Waals surface area contributed by atoms with Crippen LogP contribution in [-0.4, -0.2) is 82.8 Å². The molecule has 3 aromatic rings. The minimum atomic E-state index is -0.790. The summed E-state index contributed by atoms with van der Waals surface area (Å²) in [5.41, 5.74) is 1.80. The van der Waals surface area contributed by atoms with Gasteiger partial charge in [-0.2, -0.15) is 0 Å². The molecule has 1 aliphatic carbocycles. The zero-order valence-electron chi connectivity index (χ0n) is 24.7. The average Bonchev–Trinajstić information content (AvgIpc) is 3.72. The molecule has 3 fully saturated rings. The molecule has 0 radical (unpaired) electrons. The third-order valence-electron chi connectivity index (χ3n) is 8.44. The van der Waals surface area contributed by atoms with E-state index in [-0.39, 0.29) is 31.0 Å². The van der Waals surface area contributed by atoms with Gasteiger partial charge in [0.1, 0.15) is 5.82 Å². The van der Waals surface area contributed by atoms with Gasteiger partial charge in [0.2, 0.25) is 18.1 Å². The van der Waals surface area contributed by atoms with Gasteiger partial charge in [-0.1, -0.05) is 19.3 Å². The van der Waals surface area contributed by atoms with Crippen molar-refractivity contribution < 1.29 is 18.7 Å². The Kier molecular flexibility index (Phi) is 9.27. The standard InChI is InChI=1S/C31H41FN8O3/c1-31(29(41)36-23-6-3-2-4-7-23)18-42-28(43-19-31)27-38-25(21-8-10-22(32)11-9-21)26(39-27)24-12-14-35-30(37-24)34-13-5-16-40-17-15-33-20-40/h8-12,14,23,28,33H,2-7,13,15-20H2,1H3,(H,36,41)(H,38,39)(H,34,35,37). The Morgan fingerprint density at radius 3 is 2.65 bits per heavy atom. The van der Waals surface area contributed by atoms with Gasteiger partial charge >= 0.3 is 0 Å². The lowest BCUT2D eigenvalue weighted by Crippen LogP contribution is -2.51. The predicted molar refractivity (Wildman–Crippen MR) is 160 cm³/mol. The summed E-state index contributed by atoms with van der Waals surface area (Å²) >= 11 is 0. The smallest absolute Gasteiger partial charge is 0.230 e. The van der Waals surface area contributed by atoms with Gasteiger partial charge in [0, 0.05) is 50.6 Å². The second-order valence-corrected chi connectivity index (χ2v) is 12.0. The SMILES string of the molecule is CC1(C(=O)NC2CCCCC2)COC(c2nc(-c3ccc(F)cc3)c(-c3ccnc(NCCCN4CCNC4)n3)[nH]2)OC1. The van der Waals surface area contributed by atoms with Crippen LogP contribution in [0.5, 0.6) is 0 Å². The molecule has 4 N–H and O–H groups in total. The minimum Gasteiger partial charge on any atom is -0.354 e. The number of imidazole rings is 1. The number of H-pyrrole nitrogens is 1. The van der Waals surface area contributed by atoms with Crippen LogP contribution in [-0.2, 0) is 14.3 Å². The molecule has 2 aromatic heterocycles. The summed E-state index contributed by atoms with van der Waals surface area (Å²) in [7, 11) is 0. The highest BCUT2D eigenvalue weighted by molar-refractivity contribution is 5.83. The van der Waals surface area contributed by atoms with E-state index in [0.717, 1.165) is 70.5 Å². The number of halogens is 1. The Balaban J connectivity index is 1.16. The zero-order chi connectivity index (χ0) is 29.6. The van der Waals surface area contributed by atoms with Crippen LogP contribution in [0.15, 0.2) is 36.5 Å². The van der Waals surface area contributed by atoms with Crippen LogP contribution in [0.4, 0.5) is 10.3 Å². The maximum absolute atomic E-state index is 13.8. The van der Waals surface area contributed by atoms with E-state index in [1.807, 2.05) is 6.92 Å². The Morgan fingerprint density at radius 1 is 1.12 bits per heavy atom. The number of nitrogens with zero attached hydrogens (tertiary/aromatic N) is 4. The Hall–Kier alpha value is -3.45. The molecule has 0 bridgehead atoms. The third kappa shape index (κ3) is 7.20. The maximum atomic E-state index is 13.8. The fraction of sp³-hybridized carbons (Fsp3) is 0.548. The molecule has 230 valence electrons. The van der Waals surface area contributed by atoms with Gasteiger partial charge in [-0.3, -0.25) is 9.69 Å². The highest BCUT2D eigenvalue weighted by Crippen LogP contribution is 2.36. The van der Waals surface area contributed by atoms with Gasteiger partial charge in [0.25, 0.3) is 0 Å². The van der Waals surface area contributed by atoms with Crippen molar-refractivity contribution in [2.24, 2.45) is 5.41 Å². The fourth-order valence-corrected chi connectivity index (χ4v) is 5.84. The molecule has 3 aliphatic rings. The largest absolute Gasteiger partial charge is 0.354 e. The van der Waals surface area contributed by atoms with E-state index in [1.54, 1.807) is 24.4 Å². The summed E-state index contributed by atoms with van der Waals surface area (Å²) in [6.07, 6.45) is 7.44. The number of aromatic nitrogens is 4. The number of anilines is 1. The van der Waals surface area contributed by atoms with E-state index in [1.165, 1.54) is 18.6 Å². The van der Waals surface area contributed by atoms with Crippen molar-refractivity contribution in [3.63, 3.8) is 0 Å². The van der Waals surface area contributed by atoms with Gasteiger partial charge in [-0.15, -0.1) is 0 Å². The molecular formula is C31H41FN8O3. The molecule has 4 heterocycles. The molecule has 2 saturated heterocycles. The first-order valence-corrected chi connectivity index (χ1v) is 15.4. The van der Waals surface area contributed by atoms with Crippen molar-refractivity contribution >= 4 is 11.9 Å². The van der Waals surface area contributed by atoms with E-state index in [9.17, 15) is 9.18 Å². The van der Waals surface area contributed by atoms with Gasteiger partial charge in [-0.05, 0) is 56.5 Å². The molecule has 1 saturated carbocycles. The first-order chi connectivity index (χ1) is 21.0. The predicted octanol–water partition coefficient (Wildman–Crippen LogP) is 3.84. The highest BCUT2D eigenvalue weighted by Gasteiger charge is 2.41. The lowest BCUT2D eigenvalue weighted by atomic mass is 9.89. The summed E-state index contributed by atoms with van der Waals surface area (Å²) in [5, 5.41) is 9.87. The monoisotopic (exact) mass is 592 g/mol. The molecule has 2 aliphatic heterocycles. The molecule has 1 aromatic carbocycles. The van der Waals surface area contributed by atoms with Crippen LogP contribution in [0, 0.1) is 11.2 Å². The minimum absolute atomic E-state index is 0.0388. The summed E-state index contributed by atoms with van der Waals surface area (Å²) in [6, 6.07) is 8.20. The Bertz CT molecular complexity index is 1360. The van der Waals surface area contributed by atoms with Crippen LogP contribution >= 0.6 is 0 Å². The number of amides is 1. The first kappa shape index (κ1) is 29.6. The molecule has 0 spiro atoms. The summed E-state index contributed by atoms with van der Waals surface area (Å²) < 4.78 is 26.0. The zero-order valence-corrected chi connectivity index (χ0v) is 24.7. The molecular weight excluding hydrogens is 551 g/mol. The molecule has 12 heteroatoms. The summed E-state index contributed by atoms with van der Waals surface area (Å²) in [4.78, 5) is 32.8. The normalized spacial score (nSPS) is 23.3. The van der Waals surface area contributed by atoms with E-state index >= 15 is 0 Å². The van der Waals surface area contributed by atoms with Crippen LogP contribution in [0.2, 0.25) is 0 Å². The van der Waals surface area contributed by atoms with Gasteiger partial charge in [0.15, 0.2) is 5.82 Å². The van der Waals surface area contributed by atoms with E-state index in [0.29, 0.717) is 28.9 Å². The molecule has 0 unspecified atom stereocenters. The second-order valence-electron chi connectivity index (χ2n) is 12.0. The van der Waals surface area contributed by atoms with E-state index in [2.05, 4.69) is 30.8 Å². The lowest BCUT2D eigenvalue weighted by molar-refractivity contribution is -0.231. The average molecular weight is 593 g/mol. The van der Waals surface area contributed by atoms with Crippen molar-refractivity contribution in [1.29, 1.82) is 0 Å². The van der Waals surface area contributed by atoms with Crippen molar-refractivity contribution in [3.05, 3.63) is 48.2 Å². The molecule has 6 rings (SSSR count). The van der Waals surface area contributed by atoms with Crippen molar-refractivity contribution in [2.45, 2.75) is 57.8 Å². The topological polar surface area (TPSA) is 129 Å². The number of benzene rings is 1. The van der Waals surface area contributed by atoms with Crippen molar-refractivity contribution in [3.8, 4) is 22.6 Å². The molecule has 0 atom stereocenters. The fourth-order valence-electron chi connectivity index (χ4n) is 5.84. The molecule has 11 nitrogen and oxygen atoms in total. The first-order valence-electron chi connectivity index (χ1n) is 15.4. The van der Waals surface area contributed by atoms with Gasteiger partial charge < -0.3 is 30.4 Å². The number of ether oxygens (including phenoxy) is 2. The molecule has 43 heavy (non-hydrogen) atoms. The van der Waals surface area contributed by atoms with Crippen LogP contribution in [0.1, 0.15) is 57.6 Å². The Morgan fingerprint density at radius 2 is 1.91 bits per heavy atom. The summed E-state index contributed by atoms with van der Waals surface area (Å²) in [6.45, 7) is 7.06. The third-order valence-corrected chi connectivity index (χ3v) is 8.44. The number of aromatic amines is 1. The number of carbonyl (C=O) groups excluding carboxylic acids is 1. The second kappa shape index (κ2) is 13.5. The number of rotatable bonds is 10. The maximum Gasteiger partial charge on any atom is 0.230 e. The van der Waals surface area contributed by atoms with Gasteiger partial charge in [0.05, 0.1) is 35.7 Å². The van der Waals surface area contributed by atoms with Crippen molar-refractivity contribution in [2.75, 3.05) is 51.4 Å². The summed E-state index contributed by atoms with van der Waals surface area (Å²) in [5.74, 6) is 0.603. The van der Waals surface area contributed by atoms with Crippen LogP contribution in [0.3, 0.4) is 0 Å². The van der Waals surface area contributed by atoms with Gasteiger partial charge in [-0.25, -0.2) is 19.3 Å². The molecule has 1 amide bonds. The van der Waals surface area contributed by atoms with Crippen LogP contribution < -0.4 is 16.0 Å². The Labute approximate surface area is 251 Å². The van der Waals surface area contributed by atoms with Crippen molar-refractivity contribution in [1.82, 2.24) is 35.5 Å².